The SMILES string of the molecule is NC1C=CC(C(=O)NC2CCCCC2C(F)(F)F)C1. The first-order valence-corrected chi connectivity index (χ1v) is 6.69. The normalized spacial score (nSPS) is 35.4. The maximum atomic E-state index is 12.9. The van der Waals surface area contributed by atoms with Crippen LogP contribution >= 0.6 is 0 Å². The summed E-state index contributed by atoms with van der Waals surface area (Å²) < 4.78 is 38.7. The van der Waals surface area contributed by atoms with Crippen LogP contribution in [0.1, 0.15) is 32.1 Å². The number of amides is 1. The molecule has 0 saturated heterocycles. The topological polar surface area (TPSA) is 55.1 Å². The van der Waals surface area contributed by atoms with E-state index in [9.17, 15) is 18.0 Å². The van der Waals surface area contributed by atoms with E-state index in [1.165, 1.54) is 0 Å². The van der Waals surface area contributed by atoms with E-state index < -0.39 is 18.1 Å². The number of rotatable bonds is 2. The Morgan fingerprint density at radius 3 is 2.47 bits per heavy atom. The van der Waals surface area contributed by atoms with Crippen molar-refractivity contribution in [1.29, 1.82) is 0 Å². The van der Waals surface area contributed by atoms with Gasteiger partial charge in [0, 0.05) is 12.1 Å². The standard InChI is InChI=1S/C13H19F3N2O/c14-13(15,16)10-3-1-2-4-11(10)18-12(19)8-5-6-9(17)7-8/h5-6,8-11H,1-4,7,17H2,(H,18,19). The van der Waals surface area contributed by atoms with E-state index >= 15 is 0 Å². The van der Waals surface area contributed by atoms with Crippen molar-refractivity contribution in [2.45, 2.75) is 50.4 Å². The lowest BCUT2D eigenvalue weighted by Gasteiger charge is -2.34. The van der Waals surface area contributed by atoms with Gasteiger partial charge in [0.1, 0.15) is 0 Å². The second-order valence-corrected chi connectivity index (χ2v) is 5.44. The molecule has 19 heavy (non-hydrogen) atoms. The maximum absolute atomic E-state index is 12.9. The molecule has 0 aromatic heterocycles. The molecule has 0 spiro atoms. The van der Waals surface area contributed by atoms with Crippen LogP contribution in [0, 0.1) is 11.8 Å². The summed E-state index contributed by atoms with van der Waals surface area (Å²) in [6.45, 7) is 0. The molecule has 4 atom stereocenters. The van der Waals surface area contributed by atoms with E-state index in [1.807, 2.05) is 0 Å². The molecule has 6 heteroatoms. The van der Waals surface area contributed by atoms with Gasteiger partial charge in [-0.1, -0.05) is 25.0 Å². The van der Waals surface area contributed by atoms with Crippen molar-refractivity contribution in [2.24, 2.45) is 17.6 Å². The average molecular weight is 276 g/mol. The lowest BCUT2D eigenvalue weighted by atomic mass is 9.83. The summed E-state index contributed by atoms with van der Waals surface area (Å²) >= 11 is 0. The summed E-state index contributed by atoms with van der Waals surface area (Å²) in [6, 6.07) is -0.952. The van der Waals surface area contributed by atoms with E-state index in [4.69, 9.17) is 5.73 Å². The monoisotopic (exact) mass is 276 g/mol. The molecular weight excluding hydrogens is 257 g/mol. The summed E-state index contributed by atoms with van der Waals surface area (Å²) in [5, 5.41) is 2.57. The fourth-order valence-electron chi connectivity index (χ4n) is 2.91. The van der Waals surface area contributed by atoms with Crippen LogP contribution in [0.5, 0.6) is 0 Å². The van der Waals surface area contributed by atoms with Gasteiger partial charge in [-0.25, -0.2) is 0 Å². The number of hydrogen-bond donors (Lipinski definition) is 2. The van der Waals surface area contributed by atoms with Crippen molar-refractivity contribution in [2.75, 3.05) is 0 Å². The first kappa shape index (κ1) is 14.4. The molecule has 0 heterocycles. The number of carbonyl (C=O) groups is 1. The molecule has 1 saturated carbocycles. The van der Waals surface area contributed by atoms with Gasteiger partial charge in [0.15, 0.2) is 0 Å². The minimum absolute atomic E-state index is 0.106. The van der Waals surface area contributed by atoms with Crippen LogP contribution in [0.25, 0.3) is 0 Å². The number of halogens is 3. The van der Waals surface area contributed by atoms with Gasteiger partial charge >= 0.3 is 6.18 Å². The zero-order chi connectivity index (χ0) is 14.0. The third-order valence-corrected chi connectivity index (χ3v) is 3.97. The quantitative estimate of drug-likeness (QED) is 0.759. The van der Waals surface area contributed by atoms with Gasteiger partial charge in [-0.15, -0.1) is 0 Å². The van der Waals surface area contributed by atoms with E-state index in [2.05, 4.69) is 5.32 Å². The van der Waals surface area contributed by atoms with E-state index in [0.29, 0.717) is 19.3 Å². The summed E-state index contributed by atoms with van der Waals surface area (Å²) in [5.74, 6) is -2.12. The number of carbonyl (C=O) groups excluding carboxylic acids is 1. The number of hydrogen-bond acceptors (Lipinski definition) is 2. The molecule has 2 aliphatic carbocycles. The van der Waals surface area contributed by atoms with Crippen molar-refractivity contribution < 1.29 is 18.0 Å². The Kier molecular flexibility index (Phi) is 4.18. The highest BCUT2D eigenvalue weighted by Gasteiger charge is 2.46. The molecule has 0 aliphatic heterocycles. The van der Waals surface area contributed by atoms with E-state index in [1.54, 1.807) is 12.2 Å². The molecule has 0 bridgehead atoms. The Bertz CT molecular complexity index is 367. The van der Waals surface area contributed by atoms with Crippen LogP contribution in [0.2, 0.25) is 0 Å². The van der Waals surface area contributed by atoms with Crippen molar-refractivity contribution in [3.05, 3.63) is 12.2 Å². The summed E-state index contributed by atoms with van der Waals surface area (Å²) in [7, 11) is 0. The van der Waals surface area contributed by atoms with Crippen LogP contribution in [0.3, 0.4) is 0 Å². The second-order valence-electron chi connectivity index (χ2n) is 5.44. The maximum Gasteiger partial charge on any atom is 0.393 e. The molecule has 1 amide bonds. The Morgan fingerprint density at radius 2 is 1.89 bits per heavy atom. The molecule has 4 unspecified atom stereocenters. The average Bonchev–Trinajstić information content (AvgIpc) is 2.75. The zero-order valence-electron chi connectivity index (χ0n) is 10.6. The predicted octanol–water partition coefficient (Wildman–Crippen LogP) is 2.13. The molecule has 2 rings (SSSR count). The molecular formula is C13H19F3N2O. The van der Waals surface area contributed by atoms with Crippen molar-refractivity contribution in [1.82, 2.24) is 5.32 Å². The fraction of sp³-hybridized carbons (Fsp3) is 0.769. The molecule has 0 radical (unpaired) electrons. The molecule has 2 aliphatic rings. The largest absolute Gasteiger partial charge is 0.393 e. The molecule has 1 fully saturated rings. The fourth-order valence-corrected chi connectivity index (χ4v) is 2.91. The Morgan fingerprint density at radius 1 is 1.21 bits per heavy atom. The summed E-state index contributed by atoms with van der Waals surface area (Å²) in [6.07, 6.45) is 1.47. The van der Waals surface area contributed by atoms with Crippen LogP contribution in [0.4, 0.5) is 13.2 Å². The minimum Gasteiger partial charge on any atom is -0.352 e. The number of nitrogens with two attached hydrogens (primary N) is 1. The van der Waals surface area contributed by atoms with E-state index in [0.717, 1.165) is 6.42 Å². The van der Waals surface area contributed by atoms with Crippen molar-refractivity contribution >= 4 is 5.91 Å². The molecule has 0 aromatic rings. The molecule has 3 N–H and O–H groups in total. The van der Waals surface area contributed by atoms with Crippen LogP contribution < -0.4 is 11.1 Å². The van der Waals surface area contributed by atoms with Crippen molar-refractivity contribution in [3.63, 3.8) is 0 Å². The van der Waals surface area contributed by atoms with Gasteiger partial charge in [0.05, 0.1) is 11.8 Å². The Balaban J connectivity index is 1.96. The van der Waals surface area contributed by atoms with Gasteiger partial charge in [0.25, 0.3) is 0 Å². The highest BCUT2D eigenvalue weighted by Crippen LogP contribution is 2.37. The van der Waals surface area contributed by atoms with Gasteiger partial charge in [-0.3, -0.25) is 4.79 Å². The first-order valence-electron chi connectivity index (χ1n) is 6.69. The third-order valence-electron chi connectivity index (χ3n) is 3.97. The number of alkyl halides is 3. The van der Waals surface area contributed by atoms with Gasteiger partial charge in [-0.05, 0) is 19.3 Å². The van der Waals surface area contributed by atoms with Gasteiger partial charge in [0.2, 0.25) is 5.91 Å². The second kappa shape index (κ2) is 5.53. The first-order chi connectivity index (χ1) is 8.88. The third kappa shape index (κ3) is 3.49. The predicted molar refractivity (Wildman–Crippen MR) is 65.2 cm³/mol. The lowest BCUT2D eigenvalue weighted by molar-refractivity contribution is -0.189. The van der Waals surface area contributed by atoms with E-state index in [-0.39, 0.29) is 24.3 Å². The van der Waals surface area contributed by atoms with Crippen LogP contribution in [-0.4, -0.2) is 24.2 Å². The lowest BCUT2D eigenvalue weighted by Crippen LogP contribution is -2.49. The highest BCUT2D eigenvalue weighted by molar-refractivity contribution is 5.81. The highest BCUT2D eigenvalue weighted by atomic mass is 19.4. The molecule has 108 valence electrons. The smallest absolute Gasteiger partial charge is 0.352 e. The minimum atomic E-state index is -4.24. The number of nitrogens with one attached hydrogen (secondary N) is 1. The zero-order valence-corrected chi connectivity index (χ0v) is 10.6. The molecule has 3 nitrogen and oxygen atoms in total. The Labute approximate surface area is 110 Å². The van der Waals surface area contributed by atoms with Gasteiger partial charge < -0.3 is 11.1 Å². The summed E-state index contributed by atoms with van der Waals surface area (Å²) in [5.41, 5.74) is 5.65. The van der Waals surface area contributed by atoms with Crippen molar-refractivity contribution in [3.8, 4) is 0 Å². The Hall–Kier alpha value is -1.04. The van der Waals surface area contributed by atoms with Crippen LogP contribution in [-0.2, 0) is 4.79 Å². The van der Waals surface area contributed by atoms with Crippen LogP contribution in [0.15, 0.2) is 12.2 Å². The summed E-state index contributed by atoms with van der Waals surface area (Å²) in [4.78, 5) is 11.9. The molecule has 0 aromatic carbocycles. The van der Waals surface area contributed by atoms with Gasteiger partial charge in [-0.2, -0.15) is 13.2 Å².